The van der Waals surface area contributed by atoms with Crippen LogP contribution in [0.15, 0.2) is 48.5 Å². The largest absolute Gasteiger partial charge is 0.497 e. The van der Waals surface area contributed by atoms with E-state index in [0.717, 1.165) is 27.8 Å². The first-order chi connectivity index (χ1) is 12.2. The third-order valence-electron chi connectivity index (χ3n) is 3.45. The van der Waals surface area contributed by atoms with Crippen molar-refractivity contribution < 1.29 is 14.3 Å². The fourth-order valence-corrected chi connectivity index (χ4v) is 2.31. The van der Waals surface area contributed by atoms with Crippen molar-refractivity contribution in [2.45, 2.75) is 27.7 Å². The zero-order chi connectivity index (χ0) is 18.8. The smallest absolute Gasteiger partial charge is 0.354 e. The maximum Gasteiger partial charge on any atom is 0.354 e. The monoisotopic (exact) mass is 341 g/mol. The van der Waals surface area contributed by atoms with E-state index < -0.39 is 0 Å². The highest BCUT2D eigenvalue weighted by molar-refractivity contribution is 5.96. The van der Waals surface area contributed by atoms with E-state index in [9.17, 15) is 4.79 Å². The molecule has 1 heterocycles. The molecule has 0 saturated heterocycles. The van der Waals surface area contributed by atoms with Crippen molar-refractivity contribution in [2.75, 3.05) is 14.2 Å². The fraction of sp³-hybridized carbons (Fsp3) is 0.286. The molecule has 0 saturated carbocycles. The molecule has 3 aromatic rings. The van der Waals surface area contributed by atoms with E-state index in [1.54, 1.807) is 13.2 Å². The van der Waals surface area contributed by atoms with Crippen LogP contribution in [0.25, 0.3) is 22.0 Å². The Labute approximate surface area is 149 Å². The van der Waals surface area contributed by atoms with Crippen LogP contribution in [0.2, 0.25) is 0 Å². The standard InChI is InChI=1S/C17H15NO3.2C2H6/c1-20-14-7-5-11(6-8-14)12-3-4-13-10-16(17(19)21-2)18-15(13)9-12;2*1-2/h3-10,18H,1-2H3;2*1-2H3. The third-order valence-corrected chi connectivity index (χ3v) is 3.45. The number of aromatic amines is 1. The van der Waals surface area contributed by atoms with Crippen molar-refractivity contribution in [3.05, 3.63) is 54.2 Å². The normalized spacial score (nSPS) is 9.36. The van der Waals surface area contributed by atoms with Gasteiger partial charge in [0.15, 0.2) is 0 Å². The molecule has 0 unspecified atom stereocenters. The summed E-state index contributed by atoms with van der Waals surface area (Å²) in [6, 6.07) is 15.7. The molecule has 3 rings (SSSR count). The van der Waals surface area contributed by atoms with E-state index >= 15 is 0 Å². The second kappa shape index (κ2) is 10.2. The average molecular weight is 341 g/mol. The second-order valence-electron chi connectivity index (χ2n) is 4.71. The molecule has 0 amide bonds. The first-order valence-electron chi connectivity index (χ1n) is 8.57. The van der Waals surface area contributed by atoms with Crippen LogP contribution in [0, 0.1) is 0 Å². The molecule has 134 valence electrons. The van der Waals surface area contributed by atoms with Gasteiger partial charge in [-0.3, -0.25) is 0 Å². The van der Waals surface area contributed by atoms with Crippen LogP contribution in [0.1, 0.15) is 38.2 Å². The zero-order valence-electron chi connectivity index (χ0n) is 15.8. The maximum absolute atomic E-state index is 11.5. The summed E-state index contributed by atoms with van der Waals surface area (Å²) in [4.78, 5) is 14.6. The SMILES string of the molecule is CC.CC.COC(=O)c1cc2ccc(-c3ccc(OC)cc3)cc2[nH]1. The number of hydrogen-bond acceptors (Lipinski definition) is 3. The highest BCUT2D eigenvalue weighted by Gasteiger charge is 2.10. The van der Waals surface area contributed by atoms with Crippen molar-refractivity contribution in [3.63, 3.8) is 0 Å². The molecular weight excluding hydrogens is 314 g/mol. The molecule has 0 aliphatic rings. The maximum atomic E-state index is 11.5. The lowest BCUT2D eigenvalue weighted by Gasteiger charge is -2.04. The van der Waals surface area contributed by atoms with Crippen LogP contribution in [0.3, 0.4) is 0 Å². The van der Waals surface area contributed by atoms with Crippen molar-refractivity contribution >= 4 is 16.9 Å². The van der Waals surface area contributed by atoms with Gasteiger partial charge in [-0.2, -0.15) is 0 Å². The van der Waals surface area contributed by atoms with Crippen LogP contribution in [0.5, 0.6) is 5.75 Å². The van der Waals surface area contributed by atoms with Crippen molar-refractivity contribution in [1.82, 2.24) is 4.98 Å². The minimum atomic E-state index is -0.364. The van der Waals surface area contributed by atoms with Gasteiger partial charge < -0.3 is 14.5 Å². The molecule has 0 radical (unpaired) electrons. The predicted octanol–water partition coefficient (Wildman–Crippen LogP) is 5.68. The molecule has 0 spiro atoms. The van der Waals surface area contributed by atoms with Crippen LogP contribution in [-0.4, -0.2) is 25.2 Å². The van der Waals surface area contributed by atoms with E-state index in [4.69, 9.17) is 9.47 Å². The Balaban J connectivity index is 0.000000730. The molecule has 0 aliphatic carbocycles. The van der Waals surface area contributed by atoms with Gasteiger partial charge in [-0.05, 0) is 35.4 Å². The summed E-state index contributed by atoms with van der Waals surface area (Å²) in [6.07, 6.45) is 0. The van der Waals surface area contributed by atoms with Gasteiger partial charge in [-0.15, -0.1) is 0 Å². The molecule has 0 fully saturated rings. The van der Waals surface area contributed by atoms with Crippen molar-refractivity contribution in [2.24, 2.45) is 0 Å². The molecule has 4 heteroatoms. The molecular formula is C21H27NO3. The summed E-state index contributed by atoms with van der Waals surface area (Å²) in [6.45, 7) is 8.00. The minimum Gasteiger partial charge on any atom is -0.497 e. The molecule has 1 aromatic heterocycles. The summed E-state index contributed by atoms with van der Waals surface area (Å²) in [5.74, 6) is 0.463. The lowest BCUT2D eigenvalue weighted by atomic mass is 10.0. The van der Waals surface area contributed by atoms with Crippen LogP contribution >= 0.6 is 0 Å². The summed E-state index contributed by atoms with van der Waals surface area (Å²) in [5, 5.41) is 0.979. The number of carbonyl (C=O) groups is 1. The zero-order valence-corrected chi connectivity index (χ0v) is 15.8. The Hall–Kier alpha value is -2.75. The quantitative estimate of drug-likeness (QED) is 0.623. The van der Waals surface area contributed by atoms with E-state index in [-0.39, 0.29) is 5.97 Å². The van der Waals surface area contributed by atoms with E-state index in [1.165, 1.54) is 7.11 Å². The molecule has 1 N–H and O–H groups in total. The minimum absolute atomic E-state index is 0.364. The number of ether oxygens (including phenoxy) is 2. The number of carbonyl (C=O) groups excluding carboxylic acids is 1. The van der Waals surface area contributed by atoms with Crippen molar-refractivity contribution in [1.29, 1.82) is 0 Å². The van der Waals surface area contributed by atoms with Gasteiger partial charge in [0.1, 0.15) is 11.4 Å². The van der Waals surface area contributed by atoms with Gasteiger partial charge in [0, 0.05) is 10.9 Å². The number of rotatable bonds is 3. The molecule has 0 aliphatic heterocycles. The Bertz CT molecular complexity index is 789. The Kier molecular flexibility index (Phi) is 8.27. The second-order valence-corrected chi connectivity index (χ2v) is 4.71. The van der Waals surface area contributed by atoms with Gasteiger partial charge in [0.05, 0.1) is 14.2 Å². The summed E-state index contributed by atoms with van der Waals surface area (Å²) in [7, 11) is 3.02. The van der Waals surface area contributed by atoms with Crippen molar-refractivity contribution in [3.8, 4) is 16.9 Å². The van der Waals surface area contributed by atoms with Crippen LogP contribution in [0.4, 0.5) is 0 Å². The van der Waals surface area contributed by atoms with Crippen LogP contribution < -0.4 is 4.74 Å². The number of esters is 1. The number of methoxy groups -OCH3 is 2. The van der Waals surface area contributed by atoms with E-state index in [1.807, 2.05) is 70.2 Å². The van der Waals surface area contributed by atoms with E-state index in [2.05, 4.69) is 4.98 Å². The Morgan fingerprint density at radius 2 is 1.44 bits per heavy atom. The molecule has 0 bridgehead atoms. The molecule has 2 aromatic carbocycles. The number of nitrogens with one attached hydrogen (secondary N) is 1. The molecule has 0 atom stereocenters. The highest BCUT2D eigenvalue weighted by Crippen LogP contribution is 2.26. The average Bonchev–Trinajstić information content (AvgIpc) is 3.14. The molecule has 25 heavy (non-hydrogen) atoms. The van der Waals surface area contributed by atoms with Gasteiger partial charge in [0.25, 0.3) is 0 Å². The number of benzene rings is 2. The Morgan fingerprint density at radius 1 is 0.840 bits per heavy atom. The van der Waals surface area contributed by atoms with Gasteiger partial charge in [-0.1, -0.05) is 52.0 Å². The van der Waals surface area contributed by atoms with E-state index in [0.29, 0.717) is 5.69 Å². The van der Waals surface area contributed by atoms with Gasteiger partial charge in [0.2, 0.25) is 0 Å². The number of hydrogen-bond donors (Lipinski definition) is 1. The Morgan fingerprint density at radius 3 is 2.00 bits per heavy atom. The van der Waals surface area contributed by atoms with Crippen LogP contribution in [-0.2, 0) is 4.74 Å². The van der Waals surface area contributed by atoms with Gasteiger partial charge in [-0.25, -0.2) is 4.79 Å². The first-order valence-corrected chi connectivity index (χ1v) is 8.57. The summed E-state index contributed by atoms with van der Waals surface area (Å²) < 4.78 is 9.88. The topological polar surface area (TPSA) is 51.3 Å². The third kappa shape index (κ3) is 4.86. The first kappa shape index (κ1) is 20.3. The predicted molar refractivity (Wildman–Crippen MR) is 104 cm³/mol. The number of fused-ring (bicyclic) bond motifs is 1. The molecule has 4 nitrogen and oxygen atoms in total. The lowest BCUT2D eigenvalue weighted by molar-refractivity contribution is 0.0595. The highest BCUT2D eigenvalue weighted by atomic mass is 16.5. The summed E-state index contributed by atoms with van der Waals surface area (Å²) >= 11 is 0. The fourth-order valence-electron chi connectivity index (χ4n) is 2.31. The number of aromatic nitrogens is 1. The van der Waals surface area contributed by atoms with Gasteiger partial charge >= 0.3 is 5.97 Å². The summed E-state index contributed by atoms with van der Waals surface area (Å²) in [5.41, 5.74) is 3.53. The number of H-pyrrole nitrogens is 1. The lowest BCUT2D eigenvalue weighted by Crippen LogP contribution is -2.00.